The van der Waals surface area contributed by atoms with Gasteiger partial charge in [0.15, 0.2) is 0 Å². The van der Waals surface area contributed by atoms with Gasteiger partial charge in [-0.3, -0.25) is 4.21 Å². The van der Waals surface area contributed by atoms with Crippen molar-refractivity contribution in [3.05, 3.63) is 23.9 Å². The summed E-state index contributed by atoms with van der Waals surface area (Å²) < 4.78 is 11.1. The molecule has 0 spiro atoms. The van der Waals surface area contributed by atoms with E-state index in [1.54, 1.807) is 12.5 Å². The molecule has 0 aromatic carbocycles. The number of nitrogens with one attached hydrogen (secondary N) is 1. The second-order valence-electron chi connectivity index (χ2n) is 3.41. The minimum absolute atomic E-state index is 0.150. The molecule has 0 aliphatic rings. The average Bonchev–Trinajstić information content (AvgIpc) is 2.14. The van der Waals surface area contributed by atoms with Crippen LogP contribution in [-0.2, 0) is 10.8 Å². The predicted octanol–water partition coefficient (Wildman–Crippen LogP) is 1.57. The summed E-state index contributed by atoms with van der Waals surface area (Å²) in [5.41, 5.74) is 1.17. The predicted molar refractivity (Wildman–Crippen MR) is 61.0 cm³/mol. The van der Waals surface area contributed by atoms with Crippen molar-refractivity contribution in [2.24, 2.45) is 0 Å². The van der Waals surface area contributed by atoms with E-state index in [0.717, 1.165) is 5.82 Å². The summed E-state index contributed by atoms with van der Waals surface area (Å²) in [5, 5.41) is 3.31. The molecule has 3 nitrogen and oxygen atoms in total. The Labute approximate surface area is 87.4 Å². The van der Waals surface area contributed by atoms with Crippen molar-refractivity contribution in [1.82, 2.24) is 4.98 Å². The van der Waals surface area contributed by atoms with Crippen LogP contribution in [0.5, 0.6) is 0 Å². The lowest BCUT2D eigenvalue weighted by Gasteiger charge is -2.10. The molecule has 14 heavy (non-hydrogen) atoms. The number of anilines is 1. The van der Waals surface area contributed by atoms with E-state index in [1.807, 2.05) is 26.0 Å². The topological polar surface area (TPSA) is 42.0 Å². The molecule has 0 fully saturated rings. The molecule has 0 aliphatic heterocycles. The van der Waals surface area contributed by atoms with E-state index in [1.165, 1.54) is 5.56 Å². The van der Waals surface area contributed by atoms with E-state index in [4.69, 9.17) is 0 Å². The van der Waals surface area contributed by atoms with Crippen LogP contribution in [0.4, 0.5) is 5.82 Å². The Balaban J connectivity index is 2.49. The summed E-state index contributed by atoms with van der Waals surface area (Å²) in [6.07, 6.45) is 3.49. The number of rotatable bonds is 4. The van der Waals surface area contributed by atoms with Gasteiger partial charge in [-0.15, -0.1) is 0 Å². The Bertz CT molecular complexity index is 328. The number of hydrogen-bond donors (Lipinski definition) is 1. The summed E-state index contributed by atoms with van der Waals surface area (Å²) in [6.45, 7) is 4.67. The highest BCUT2D eigenvalue weighted by Gasteiger charge is 2.05. The second-order valence-corrected chi connectivity index (χ2v) is 5.21. The van der Waals surface area contributed by atoms with Crippen molar-refractivity contribution < 1.29 is 4.21 Å². The molecule has 0 saturated carbocycles. The maximum atomic E-state index is 11.1. The summed E-state index contributed by atoms with van der Waals surface area (Å²) in [5.74, 6) is 0.849. The van der Waals surface area contributed by atoms with Crippen molar-refractivity contribution in [1.29, 1.82) is 0 Å². The van der Waals surface area contributed by atoms with E-state index in [0.29, 0.717) is 6.54 Å². The SMILES string of the molecule is Cc1ccnc(NCC(C)S(C)=O)c1. The zero-order valence-electron chi connectivity index (χ0n) is 8.78. The Morgan fingerprint density at radius 1 is 1.64 bits per heavy atom. The second kappa shape index (κ2) is 5.10. The zero-order valence-corrected chi connectivity index (χ0v) is 9.60. The van der Waals surface area contributed by atoms with E-state index in [9.17, 15) is 4.21 Å². The van der Waals surface area contributed by atoms with Gasteiger partial charge in [0, 0.05) is 35.0 Å². The van der Waals surface area contributed by atoms with Gasteiger partial charge in [-0.1, -0.05) is 0 Å². The number of hydrogen-bond acceptors (Lipinski definition) is 3. The first-order valence-electron chi connectivity index (χ1n) is 4.58. The van der Waals surface area contributed by atoms with Crippen LogP contribution in [0.3, 0.4) is 0 Å². The van der Waals surface area contributed by atoms with Crippen molar-refractivity contribution >= 4 is 16.6 Å². The molecule has 0 aliphatic carbocycles. The molecule has 1 N–H and O–H groups in total. The molecular weight excluding hydrogens is 196 g/mol. The van der Waals surface area contributed by atoms with Gasteiger partial charge in [0.05, 0.1) is 0 Å². The molecule has 1 aromatic heterocycles. The van der Waals surface area contributed by atoms with Crippen molar-refractivity contribution in [2.75, 3.05) is 18.1 Å². The molecule has 2 atom stereocenters. The van der Waals surface area contributed by atoms with Crippen molar-refractivity contribution in [3.63, 3.8) is 0 Å². The smallest absolute Gasteiger partial charge is 0.126 e. The molecule has 78 valence electrons. The van der Waals surface area contributed by atoms with E-state index in [-0.39, 0.29) is 5.25 Å². The molecule has 0 bridgehead atoms. The Morgan fingerprint density at radius 3 is 2.93 bits per heavy atom. The molecule has 4 heteroatoms. The van der Waals surface area contributed by atoms with Crippen LogP contribution in [0.1, 0.15) is 12.5 Å². The highest BCUT2D eigenvalue weighted by atomic mass is 32.2. The summed E-state index contributed by atoms with van der Waals surface area (Å²) in [7, 11) is -0.780. The van der Waals surface area contributed by atoms with Crippen LogP contribution < -0.4 is 5.32 Å². The van der Waals surface area contributed by atoms with Gasteiger partial charge in [0.25, 0.3) is 0 Å². The molecule has 0 amide bonds. The Hall–Kier alpha value is -0.900. The first kappa shape index (κ1) is 11.2. The molecule has 1 rings (SSSR count). The fourth-order valence-electron chi connectivity index (χ4n) is 0.998. The van der Waals surface area contributed by atoms with Crippen LogP contribution in [-0.4, -0.2) is 27.2 Å². The highest BCUT2D eigenvalue weighted by Crippen LogP contribution is 2.05. The van der Waals surface area contributed by atoms with Crippen LogP contribution >= 0.6 is 0 Å². The average molecular weight is 212 g/mol. The third-order valence-electron chi connectivity index (χ3n) is 2.05. The molecule has 0 saturated heterocycles. The minimum atomic E-state index is -0.780. The molecule has 1 heterocycles. The van der Waals surface area contributed by atoms with E-state index >= 15 is 0 Å². The maximum absolute atomic E-state index is 11.1. The first-order valence-corrected chi connectivity index (χ1v) is 6.20. The van der Waals surface area contributed by atoms with Crippen molar-refractivity contribution in [3.8, 4) is 0 Å². The minimum Gasteiger partial charge on any atom is -0.369 e. The van der Waals surface area contributed by atoms with Gasteiger partial charge in [-0.25, -0.2) is 4.98 Å². The monoisotopic (exact) mass is 212 g/mol. The molecule has 0 radical (unpaired) electrons. The van der Waals surface area contributed by atoms with Crippen LogP contribution in [0.25, 0.3) is 0 Å². The summed E-state index contributed by atoms with van der Waals surface area (Å²) in [4.78, 5) is 4.16. The zero-order chi connectivity index (χ0) is 10.6. The highest BCUT2D eigenvalue weighted by molar-refractivity contribution is 7.84. The normalized spacial score (nSPS) is 14.8. The van der Waals surface area contributed by atoms with E-state index < -0.39 is 10.8 Å². The lowest BCUT2D eigenvalue weighted by molar-refractivity contribution is 0.679. The van der Waals surface area contributed by atoms with E-state index in [2.05, 4.69) is 10.3 Å². The maximum Gasteiger partial charge on any atom is 0.126 e. The fraction of sp³-hybridized carbons (Fsp3) is 0.500. The third-order valence-corrected chi connectivity index (χ3v) is 3.35. The van der Waals surface area contributed by atoms with Gasteiger partial charge in [-0.2, -0.15) is 0 Å². The Morgan fingerprint density at radius 2 is 2.36 bits per heavy atom. The number of aromatic nitrogens is 1. The standard InChI is InChI=1S/C10H16N2OS/c1-8-4-5-11-10(6-8)12-7-9(2)14(3)13/h4-6,9H,7H2,1-3H3,(H,11,12). The largest absolute Gasteiger partial charge is 0.369 e. The van der Waals surface area contributed by atoms with Gasteiger partial charge in [0.1, 0.15) is 5.82 Å². The van der Waals surface area contributed by atoms with Crippen molar-refractivity contribution in [2.45, 2.75) is 19.1 Å². The third kappa shape index (κ3) is 3.46. The fourth-order valence-corrected chi connectivity index (χ4v) is 1.32. The van der Waals surface area contributed by atoms with Crippen LogP contribution in [0.15, 0.2) is 18.3 Å². The first-order chi connectivity index (χ1) is 6.59. The molecule has 2 unspecified atom stereocenters. The molecular formula is C10H16N2OS. The quantitative estimate of drug-likeness (QED) is 0.823. The van der Waals surface area contributed by atoms with Gasteiger partial charge in [-0.05, 0) is 31.5 Å². The van der Waals surface area contributed by atoms with Gasteiger partial charge < -0.3 is 5.32 Å². The summed E-state index contributed by atoms with van der Waals surface area (Å²) in [6, 6.07) is 3.93. The van der Waals surface area contributed by atoms with Gasteiger partial charge in [0.2, 0.25) is 0 Å². The number of pyridine rings is 1. The van der Waals surface area contributed by atoms with Crippen LogP contribution in [0.2, 0.25) is 0 Å². The van der Waals surface area contributed by atoms with Crippen LogP contribution in [0, 0.1) is 6.92 Å². The number of aryl methyl sites for hydroxylation is 1. The number of nitrogens with zero attached hydrogens (tertiary/aromatic N) is 1. The lowest BCUT2D eigenvalue weighted by Crippen LogP contribution is -2.21. The Kier molecular flexibility index (Phi) is 4.07. The summed E-state index contributed by atoms with van der Waals surface area (Å²) >= 11 is 0. The molecule has 1 aromatic rings. The lowest BCUT2D eigenvalue weighted by atomic mass is 10.3. The van der Waals surface area contributed by atoms with Gasteiger partial charge >= 0.3 is 0 Å².